The molecule has 40 heavy (non-hydrogen) atoms. The minimum absolute atomic E-state index is 0.215. The van der Waals surface area contributed by atoms with E-state index in [1.807, 2.05) is 4.90 Å². The van der Waals surface area contributed by atoms with Crippen LogP contribution in [0.25, 0.3) is 0 Å². The monoisotopic (exact) mass is 569 g/mol. The number of hydrogen-bond donors (Lipinski definition) is 0. The van der Waals surface area contributed by atoms with Crippen LogP contribution < -0.4 is 0 Å². The molecule has 0 aromatic rings. The van der Waals surface area contributed by atoms with Gasteiger partial charge in [-0.3, -0.25) is 4.79 Å². The van der Waals surface area contributed by atoms with Gasteiger partial charge in [0, 0.05) is 26.1 Å². The molecule has 0 aromatic heterocycles. The Morgan fingerprint density at radius 3 is 1.62 bits per heavy atom. The molecule has 0 bridgehead atoms. The molecule has 0 spiro atoms. The van der Waals surface area contributed by atoms with Crippen LogP contribution in [0, 0.1) is 5.92 Å². The molecule has 0 radical (unpaired) electrons. The molecule has 234 valence electrons. The van der Waals surface area contributed by atoms with Gasteiger partial charge in [0.15, 0.2) is 0 Å². The predicted molar refractivity (Wildman–Crippen MR) is 157 cm³/mol. The Morgan fingerprint density at radius 2 is 1.12 bits per heavy atom. The summed E-state index contributed by atoms with van der Waals surface area (Å²) in [5.41, 5.74) is 0. The number of nitrogens with zero attached hydrogens (tertiary/aromatic N) is 1. The summed E-state index contributed by atoms with van der Waals surface area (Å²) in [6.45, 7) is 10.0. The maximum Gasteiger partial charge on any atom is 0.222 e. The van der Waals surface area contributed by atoms with E-state index < -0.39 is 0 Å². The molecule has 0 saturated carbocycles. The summed E-state index contributed by atoms with van der Waals surface area (Å²) in [5, 5.41) is 0. The van der Waals surface area contributed by atoms with Crippen LogP contribution in [0.4, 0.5) is 0 Å². The lowest BCUT2D eigenvalue weighted by Crippen LogP contribution is -2.37. The minimum atomic E-state index is 0.215. The van der Waals surface area contributed by atoms with E-state index in [0.717, 1.165) is 45.9 Å². The van der Waals surface area contributed by atoms with Crippen molar-refractivity contribution in [3.63, 3.8) is 0 Å². The zero-order valence-corrected chi connectivity index (χ0v) is 25.5. The van der Waals surface area contributed by atoms with Crippen molar-refractivity contribution in [3.8, 4) is 0 Å². The fraction of sp³-hybridized carbons (Fsp3) is 0.969. The van der Waals surface area contributed by atoms with Gasteiger partial charge in [-0.1, -0.05) is 77.6 Å². The molecule has 0 N–H and O–H groups in total. The van der Waals surface area contributed by atoms with E-state index in [1.165, 1.54) is 77.0 Å². The molecule has 3 heterocycles. The number of amides is 1. The molecule has 0 aromatic carbocycles. The van der Waals surface area contributed by atoms with Crippen molar-refractivity contribution in [3.05, 3.63) is 0 Å². The van der Waals surface area contributed by atoms with Crippen LogP contribution in [-0.2, 0) is 33.2 Å². The first-order valence-electron chi connectivity index (χ1n) is 16.6. The highest BCUT2D eigenvalue weighted by atomic mass is 16.6. The lowest BCUT2D eigenvalue weighted by molar-refractivity contribution is -0.133. The fourth-order valence-corrected chi connectivity index (χ4v) is 5.10. The minimum Gasteiger partial charge on any atom is -0.378 e. The van der Waals surface area contributed by atoms with Gasteiger partial charge < -0.3 is 33.3 Å². The Balaban J connectivity index is 1.19. The van der Waals surface area contributed by atoms with Crippen LogP contribution in [0.1, 0.15) is 103 Å². The van der Waals surface area contributed by atoms with E-state index in [0.29, 0.717) is 58.0 Å². The largest absolute Gasteiger partial charge is 0.378 e. The maximum absolute atomic E-state index is 12.9. The first kappa shape index (κ1) is 33.7. The van der Waals surface area contributed by atoms with Gasteiger partial charge in [-0.2, -0.15) is 0 Å². The number of unbranched alkanes of at least 4 members (excludes halogenated alkanes) is 10. The molecular formula is C32H59NO7. The number of hydrogen-bond acceptors (Lipinski definition) is 7. The fourth-order valence-electron chi connectivity index (χ4n) is 5.10. The lowest BCUT2D eigenvalue weighted by Gasteiger charge is -2.22. The predicted octanol–water partition coefficient (Wildman–Crippen LogP) is 5.55. The van der Waals surface area contributed by atoms with Crippen molar-refractivity contribution in [2.75, 3.05) is 72.6 Å². The normalized spacial score (nSPS) is 21.9. The van der Waals surface area contributed by atoms with Gasteiger partial charge in [0.25, 0.3) is 0 Å². The van der Waals surface area contributed by atoms with Gasteiger partial charge in [-0.15, -0.1) is 0 Å². The SMILES string of the molecule is CCCCCCCCC(CCCCCCCCC(=O)N(CCOCC1CO1)CCOCC1CO1)COCC1CO1. The Bertz CT molecular complexity index is 604. The molecule has 8 nitrogen and oxygen atoms in total. The van der Waals surface area contributed by atoms with E-state index in [1.54, 1.807) is 0 Å². The van der Waals surface area contributed by atoms with Crippen molar-refractivity contribution in [1.29, 1.82) is 0 Å². The van der Waals surface area contributed by atoms with E-state index in [9.17, 15) is 4.79 Å². The Hall–Kier alpha value is -0.770. The first-order valence-corrected chi connectivity index (χ1v) is 16.6. The van der Waals surface area contributed by atoms with Gasteiger partial charge in [0.1, 0.15) is 18.3 Å². The lowest BCUT2D eigenvalue weighted by atomic mass is 9.94. The molecule has 3 fully saturated rings. The first-order chi connectivity index (χ1) is 19.7. The standard InChI is InChI=1S/C32H59NO7/c1-2-3-4-5-8-11-14-28(21-37-24-31-27-40-31)15-12-9-6-7-10-13-16-32(34)33(17-19-35-22-29-25-38-29)18-20-36-23-30-26-39-30/h28-31H,2-27H2,1H3. The number of carbonyl (C=O) groups is 1. The number of ether oxygens (including phenoxy) is 6. The second-order valence-electron chi connectivity index (χ2n) is 12.0. The molecule has 3 saturated heterocycles. The van der Waals surface area contributed by atoms with E-state index in [4.69, 9.17) is 28.4 Å². The average Bonchev–Trinajstić information content (AvgIpc) is 3.80. The zero-order valence-electron chi connectivity index (χ0n) is 25.5. The molecule has 8 heteroatoms. The summed E-state index contributed by atoms with van der Waals surface area (Å²) in [5.74, 6) is 0.904. The van der Waals surface area contributed by atoms with Crippen molar-refractivity contribution in [1.82, 2.24) is 4.90 Å². The molecule has 3 aliphatic heterocycles. The summed E-state index contributed by atoms with van der Waals surface area (Å²) < 4.78 is 33.0. The van der Waals surface area contributed by atoms with Crippen molar-refractivity contribution in [2.45, 2.75) is 122 Å². The molecule has 4 atom stereocenters. The van der Waals surface area contributed by atoms with Crippen molar-refractivity contribution < 1.29 is 33.2 Å². The number of rotatable bonds is 30. The van der Waals surface area contributed by atoms with E-state index >= 15 is 0 Å². The quantitative estimate of drug-likeness (QED) is 0.0828. The molecular weight excluding hydrogens is 510 g/mol. The molecule has 0 aliphatic carbocycles. The van der Waals surface area contributed by atoms with Crippen LogP contribution in [-0.4, -0.2) is 102 Å². The summed E-state index contributed by atoms with van der Waals surface area (Å²) in [4.78, 5) is 14.8. The summed E-state index contributed by atoms with van der Waals surface area (Å²) in [6, 6.07) is 0. The summed E-state index contributed by atoms with van der Waals surface area (Å²) >= 11 is 0. The Kier molecular flexibility index (Phi) is 18.4. The maximum atomic E-state index is 12.9. The van der Waals surface area contributed by atoms with E-state index in [2.05, 4.69) is 6.92 Å². The molecule has 3 aliphatic rings. The van der Waals surface area contributed by atoms with Crippen LogP contribution in [0.5, 0.6) is 0 Å². The van der Waals surface area contributed by atoms with Crippen LogP contribution >= 0.6 is 0 Å². The highest BCUT2D eigenvalue weighted by molar-refractivity contribution is 5.76. The number of epoxide rings is 3. The van der Waals surface area contributed by atoms with E-state index in [-0.39, 0.29) is 18.1 Å². The van der Waals surface area contributed by atoms with Crippen molar-refractivity contribution in [2.24, 2.45) is 5.92 Å². The second kappa shape index (κ2) is 21.9. The third-order valence-electron chi connectivity index (χ3n) is 8.05. The van der Waals surface area contributed by atoms with Crippen LogP contribution in [0.15, 0.2) is 0 Å². The number of carbonyl (C=O) groups excluding carboxylic acids is 1. The van der Waals surface area contributed by atoms with Gasteiger partial charge in [0.2, 0.25) is 5.91 Å². The topological polar surface area (TPSA) is 85.6 Å². The zero-order chi connectivity index (χ0) is 28.1. The third kappa shape index (κ3) is 18.6. The molecule has 1 amide bonds. The molecule has 4 unspecified atom stereocenters. The van der Waals surface area contributed by atoms with Gasteiger partial charge in [-0.05, 0) is 25.2 Å². The Morgan fingerprint density at radius 1 is 0.675 bits per heavy atom. The van der Waals surface area contributed by atoms with Crippen LogP contribution in [0.3, 0.4) is 0 Å². The highest BCUT2D eigenvalue weighted by Gasteiger charge is 2.24. The molecule has 3 rings (SSSR count). The third-order valence-corrected chi connectivity index (χ3v) is 8.05. The average molecular weight is 570 g/mol. The second-order valence-corrected chi connectivity index (χ2v) is 12.0. The summed E-state index contributed by atoms with van der Waals surface area (Å²) in [7, 11) is 0. The Labute approximate surface area is 244 Å². The highest BCUT2D eigenvalue weighted by Crippen LogP contribution is 2.21. The van der Waals surface area contributed by atoms with Crippen LogP contribution in [0.2, 0.25) is 0 Å². The van der Waals surface area contributed by atoms with Gasteiger partial charge in [-0.25, -0.2) is 0 Å². The van der Waals surface area contributed by atoms with Gasteiger partial charge >= 0.3 is 0 Å². The van der Waals surface area contributed by atoms with Crippen molar-refractivity contribution >= 4 is 5.91 Å². The smallest absolute Gasteiger partial charge is 0.222 e. The summed E-state index contributed by atoms with van der Waals surface area (Å²) in [6.07, 6.45) is 19.3. The van der Waals surface area contributed by atoms with Gasteiger partial charge in [0.05, 0.1) is 52.9 Å².